The molecule has 1 saturated heterocycles. The number of benzene rings is 2. The number of likely N-dealkylation sites (tertiary alicyclic amines) is 1. The SMILES string of the molecule is c1ccc(-c2cn3nc(C4CCC4)nc3nc2-c2ccc(CN3CC(c4nnc(-c5ccccn5)[nH]4)C3)cc2)cc1. The van der Waals surface area contributed by atoms with E-state index in [0.29, 0.717) is 17.6 Å². The van der Waals surface area contributed by atoms with Gasteiger partial charge in [0.15, 0.2) is 11.6 Å². The van der Waals surface area contributed by atoms with Gasteiger partial charge in [-0.3, -0.25) is 9.88 Å². The van der Waals surface area contributed by atoms with E-state index in [9.17, 15) is 0 Å². The first-order chi connectivity index (χ1) is 20.3. The zero-order chi connectivity index (χ0) is 27.2. The molecular weight excluding hydrogens is 510 g/mol. The second kappa shape index (κ2) is 10.0. The highest BCUT2D eigenvalue weighted by Gasteiger charge is 2.31. The molecule has 0 atom stereocenters. The van der Waals surface area contributed by atoms with Crippen LogP contribution in [0.25, 0.3) is 39.7 Å². The molecular formula is C32H29N9. The summed E-state index contributed by atoms with van der Waals surface area (Å²) in [7, 11) is 0. The molecule has 1 aliphatic carbocycles. The first-order valence-corrected chi connectivity index (χ1v) is 14.3. The maximum absolute atomic E-state index is 5.03. The Hall–Kier alpha value is -4.76. The van der Waals surface area contributed by atoms with Gasteiger partial charge in [0.2, 0.25) is 0 Å². The molecule has 1 saturated carbocycles. The maximum Gasteiger partial charge on any atom is 0.253 e. The Morgan fingerprint density at radius 2 is 1.63 bits per heavy atom. The molecule has 9 heteroatoms. The number of rotatable bonds is 7. The maximum atomic E-state index is 5.03. The van der Waals surface area contributed by atoms with Gasteiger partial charge in [-0.2, -0.15) is 4.98 Å². The Kier molecular flexibility index (Phi) is 5.88. The summed E-state index contributed by atoms with van der Waals surface area (Å²) in [6.45, 7) is 2.79. The number of fused-ring (bicyclic) bond motifs is 1. The van der Waals surface area contributed by atoms with Crippen LogP contribution in [0.3, 0.4) is 0 Å². The number of pyridine rings is 1. The van der Waals surface area contributed by atoms with Crippen LogP contribution in [-0.4, -0.2) is 57.7 Å². The van der Waals surface area contributed by atoms with E-state index < -0.39 is 0 Å². The van der Waals surface area contributed by atoms with Crippen molar-refractivity contribution in [1.29, 1.82) is 0 Å². The number of hydrogen-bond acceptors (Lipinski definition) is 7. The standard InChI is InChI=1S/C32H29N9/c1-2-7-22(8-3-1)26-20-41-32(36-30(39-41)24-9-6-10-24)34-28(26)23-14-12-21(13-15-23)17-40-18-25(19-40)29-35-31(38-37-29)27-11-4-5-16-33-27/h1-5,7-8,11-16,20,24-25H,6,9-10,17-19H2,(H,35,37,38). The van der Waals surface area contributed by atoms with Gasteiger partial charge in [0.1, 0.15) is 11.5 Å². The molecule has 41 heavy (non-hydrogen) atoms. The van der Waals surface area contributed by atoms with E-state index in [2.05, 4.69) is 79.8 Å². The molecule has 9 nitrogen and oxygen atoms in total. The van der Waals surface area contributed by atoms with Gasteiger partial charge >= 0.3 is 0 Å². The molecule has 2 aliphatic rings. The van der Waals surface area contributed by atoms with E-state index in [1.54, 1.807) is 6.20 Å². The molecule has 5 heterocycles. The zero-order valence-corrected chi connectivity index (χ0v) is 22.6. The monoisotopic (exact) mass is 539 g/mol. The van der Waals surface area contributed by atoms with Gasteiger partial charge in [-0.25, -0.2) is 9.50 Å². The summed E-state index contributed by atoms with van der Waals surface area (Å²) < 4.78 is 1.85. The third kappa shape index (κ3) is 4.58. The average molecular weight is 540 g/mol. The molecule has 2 fully saturated rings. The molecule has 4 aromatic heterocycles. The molecule has 0 unspecified atom stereocenters. The van der Waals surface area contributed by atoms with Crippen LogP contribution in [0.15, 0.2) is 85.2 Å². The Bertz CT molecular complexity index is 1800. The topological polar surface area (TPSA) is 101 Å². The molecule has 0 bridgehead atoms. The summed E-state index contributed by atoms with van der Waals surface area (Å²) in [5.74, 6) is 4.06. The molecule has 1 N–H and O–H groups in total. The smallest absolute Gasteiger partial charge is 0.253 e. The second-order valence-corrected chi connectivity index (χ2v) is 11.1. The van der Waals surface area contributed by atoms with Crippen molar-refractivity contribution in [2.75, 3.05) is 13.1 Å². The lowest BCUT2D eigenvalue weighted by Crippen LogP contribution is -2.44. The van der Waals surface area contributed by atoms with Crippen molar-refractivity contribution in [3.63, 3.8) is 0 Å². The highest BCUT2D eigenvalue weighted by molar-refractivity contribution is 5.81. The van der Waals surface area contributed by atoms with Crippen molar-refractivity contribution in [3.05, 3.63) is 102 Å². The second-order valence-electron chi connectivity index (χ2n) is 11.1. The first kappa shape index (κ1) is 24.1. The van der Waals surface area contributed by atoms with E-state index >= 15 is 0 Å². The fourth-order valence-corrected chi connectivity index (χ4v) is 5.70. The van der Waals surface area contributed by atoms with Crippen LogP contribution in [0.5, 0.6) is 0 Å². The number of H-pyrrole nitrogens is 1. The highest BCUT2D eigenvalue weighted by Crippen LogP contribution is 2.36. The molecule has 2 aromatic carbocycles. The van der Waals surface area contributed by atoms with Crippen molar-refractivity contribution in [1.82, 2.24) is 44.6 Å². The molecule has 0 amide bonds. The average Bonchev–Trinajstić information content (AvgIpc) is 3.61. The van der Waals surface area contributed by atoms with Gasteiger partial charge in [-0.1, -0.05) is 67.1 Å². The van der Waals surface area contributed by atoms with Crippen LogP contribution in [0, 0.1) is 0 Å². The third-order valence-electron chi connectivity index (χ3n) is 8.29. The number of nitrogens with one attached hydrogen (secondary N) is 1. The lowest BCUT2D eigenvalue weighted by molar-refractivity contribution is 0.135. The normalized spacial score (nSPS) is 16.1. The lowest BCUT2D eigenvalue weighted by Gasteiger charge is -2.37. The minimum atomic E-state index is 0.358. The van der Waals surface area contributed by atoms with Gasteiger partial charge in [-0.15, -0.1) is 15.3 Å². The lowest BCUT2D eigenvalue weighted by atomic mass is 9.85. The largest absolute Gasteiger partial charge is 0.323 e. The van der Waals surface area contributed by atoms with Crippen molar-refractivity contribution < 1.29 is 0 Å². The molecule has 6 aromatic rings. The van der Waals surface area contributed by atoms with Crippen molar-refractivity contribution in [2.24, 2.45) is 0 Å². The summed E-state index contributed by atoms with van der Waals surface area (Å²) in [4.78, 5) is 20.0. The molecule has 0 radical (unpaired) electrons. The number of aromatic amines is 1. The summed E-state index contributed by atoms with van der Waals surface area (Å²) in [6.07, 6.45) is 7.44. The molecule has 1 aliphatic heterocycles. The number of nitrogens with zero attached hydrogens (tertiary/aromatic N) is 8. The third-order valence-corrected chi connectivity index (χ3v) is 8.29. The fraction of sp³-hybridized carbons (Fsp3) is 0.250. The Morgan fingerprint density at radius 1 is 0.805 bits per heavy atom. The fourth-order valence-electron chi connectivity index (χ4n) is 5.70. The van der Waals surface area contributed by atoms with Crippen LogP contribution in [0.4, 0.5) is 0 Å². The predicted molar refractivity (Wildman–Crippen MR) is 156 cm³/mol. The van der Waals surface area contributed by atoms with Crippen LogP contribution in [0.1, 0.15) is 48.3 Å². The molecule has 8 rings (SSSR count). The number of hydrogen-bond donors (Lipinski definition) is 1. The van der Waals surface area contributed by atoms with Crippen LogP contribution in [-0.2, 0) is 6.54 Å². The van der Waals surface area contributed by atoms with E-state index in [-0.39, 0.29) is 0 Å². The van der Waals surface area contributed by atoms with Crippen LogP contribution < -0.4 is 0 Å². The highest BCUT2D eigenvalue weighted by atomic mass is 15.3. The van der Waals surface area contributed by atoms with Crippen molar-refractivity contribution >= 4 is 5.78 Å². The first-order valence-electron chi connectivity index (χ1n) is 14.3. The minimum Gasteiger partial charge on any atom is -0.323 e. The van der Waals surface area contributed by atoms with Crippen molar-refractivity contribution in [3.8, 4) is 33.9 Å². The summed E-state index contributed by atoms with van der Waals surface area (Å²) >= 11 is 0. The molecule has 202 valence electrons. The van der Waals surface area contributed by atoms with Crippen LogP contribution in [0.2, 0.25) is 0 Å². The molecule has 0 spiro atoms. The van der Waals surface area contributed by atoms with E-state index in [1.807, 2.05) is 28.8 Å². The summed E-state index contributed by atoms with van der Waals surface area (Å²) in [5, 5.41) is 13.5. The zero-order valence-electron chi connectivity index (χ0n) is 22.6. The Morgan fingerprint density at radius 3 is 2.39 bits per heavy atom. The van der Waals surface area contributed by atoms with Gasteiger partial charge in [0, 0.05) is 55.0 Å². The van der Waals surface area contributed by atoms with E-state index in [4.69, 9.17) is 15.1 Å². The van der Waals surface area contributed by atoms with Gasteiger partial charge in [0.25, 0.3) is 5.78 Å². The number of aromatic nitrogens is 8. The van der Waals surface area contributed by atoms with Gasteiger partial charge in [0.05, 0.1) is 5.69 Å². The van der Waals surface area contributed by atoms with Gasteiger partial charge < -0.3 is 4.98 Å². The van der Waals surface area contributed by atoms with E-state index in [0.717, 1.165) is 65.2 Å². The summed E-state index contributed by atoms with van der Waals surface area (Å²) in [6, 6.07) is 25.0. The summed E-state index contributed by atoms with van der Waals surface area (Å²) in [5.41, 5.74) is 6.27. The Balaban J connectivity index is 1.000. The quantitative estimate of drug-likeness (QED) is 0.286. The minimum absolute atomic E-state index is 0.358. The van der Waals surface area contributed by atoms with E-state index in [1.165, 1.54) is 24.8 Å². The van der Waals surface area contributed by atoms with Gasteiger partial charge in [-0.05, 0) is 36.1 Å². The predicted octanol–water partition coefficient (Wildman–Crippen LogP) is 5.51. The van der Waals surface area contributed by atoms with Crippen molar-refractivity contribution in [2.45, 2.75) is 37.6 Å². The van der Waals surface area contributed by atoms with Crippen LogP contribution >= 0.6 is 0 Å². The Labute approximate surface area is 237 Å².